The van der Waals surface area contributed by atoms with Gasteiger partial charge in [-0.2, -0.15) is 0 Å². The van der Waals surface area contributed by atoms with Crippen molar-refractivity contribution in [3.63, 3.8) is 0 Å². The topological polar surface area (TPSA) is 43.8 Å². The Balaban J connectivity index is 1.77. The molecule has 2 unspecified atom stereocenters. The average Bonchev–Trinajstić information content (AvgIpc) is 3.01. The molecule has 2 atom stereocenters. The van der Waals surface area contributed by atoms with Crippen LogP contribution in [-0.2, 0) is 12.8 Å². The largest absolute Gasteiger partial charge is 0.391 e. The monoisotopic (exact) mass is 294 g/mol. The molecule has 0 bridgehead atoms. The van der Waals surface area contributed by atoms with Crippen molar-refractivity contribution < 1.29 is 9.90 Å². The van der Waals surface area contributed by atoms with Crippen LogP contribution in [-0.4, -0.2) is 60.1 Å². The van der Waals surface area contributed by atoms with Crippen molar-refractivity contribution in [1.29, 1.82) is 0 Å². The van der Waals surface area contributed by atoms with Gasteiger partial charge in [0.05, 0.1) is 11.0 Å². The number of β-amino-alcohol motifs (C(OH)–C–C–N with tert-alkyl or cyclic N) is 1. The molecule has 0 aromatic carbocycles. The summed E-state index contributed by atoms with van der Waals surface area (Å²) in [4.78, 5) is 18.9. The molecule has 1 aliphatic heterocycles. The molecule has 110 valence electrons. The van der Waals surface area contributed by atoms with Crippen LogP contribution in [0.25, 0.3) is 0 Å². The molecule has 1 fully saturated rings. The second-order valence-corrected chi connectivity index (χ2v) is 7.31. The highest BCUT2D eigenvalue weighted by Crippen LogP contribution is 2.32. The van der Waals surface area contributed by atoms with Crippen molar-refractivity contribution in [2.75, 3.05) is 27.2 Å². The number of rotatable bonds is 3. The minimum atomic E-state index is -0.379. The molecular weight excluding hydrogens is 272 g/mol. The zero-order valence-corrected chi connectivity index (χ0v) is 12.9. The number of aryl methyl sites for hydroxylation is 2. The number of aliphatic hydroxyl groups excluding tert-OH is 1. The highest BCUT2D eigenvalue weighted by molar-refractivity contribution is 7.14. The Labute approximate surface area is 124 Å². The van der Waals surface area contributed by atoms with Crippen LogP contribution in [0.1, 0.15) is 33.0 Å². The molecule has 1 aromatic rings. The summed E-state index contributed by atoms with van der Waals surface area (Å²) in [7, 11) is 4.01. The molecule has 20 heavy (non-hydrogen) atoms. The lowest BCUT2D eigenvalue weighted by atomic mass is 10.2. The minimum Gasteiger partial charge on any atom is -0.391 e. The summed E-state index contributed by atoms with van der Waals surface area (Å²) in [6.07, 6.45) is 3.77. The normalized spacial score (nSPS) is 25.5. The molecule has 4 nitrogen and oxygen atoms in total. The fourth-order valence-electron chi connectivity index (χ4n) is 3.31. The maximum atomic E-state index is 12.7. The van der Waals surface area contributed by atoms with E-state index < -0.39 is 0 Å². The number of carbonyl (C=O) groups is 1. The summed E-state index contributed by atoms with van der Waals surface area (Å²) in [6.45, 7) is 1.29. The summed E-state index contributed by atoms with van der Waals surface area (Å²) < 4.78 is 0. The van der Waals surface area contributed by atoms with Crippen molar-refractivity contribution >= 4 is 17.2 Å². The van der Waals surface area contributed by atoms with Crippen LogP contribution in [0.4, 0.5) is 0 Å². The number of likely N-dealkylation sites (N-methyl/N-ethyl adjacent to an activating group) is 1. The van der Waals surface area contributed by atoms with E-state index in [4.69, 9.17) is 0 Å². The zero-order chi connectivity index (χ0) is 14.3. The third-order valence-electron chi connectivity index (χ3n) is 4.19. The van der Waals surface area contributed by atoms with Crippen molar-refractivity contribution in [1.82, 2.24) is 9.80 Å². The first-order chi connectivity index (χ1) is 9.54. The van der Waals surface area contributed by atoms with E-state index in [0.29, 0.717) is 13.0 Å². The second kappa shape index (κ2) is 5.47. The van der Waals surface area contributed by atoms with Gasteiger partial charge < -0.3 is 14.9 Å². The van der Waals surface area contributed by atoms with Gasteiger partial charge in [-0.1, -0.05) is 0 Å². The number of hydrogen-bond donors (Lipinski definition) is 1. The van der Waals surface area contributed by atoms with Crippen LogP contribution in [0, 0.1) is 0 Å². The number of hydrogen-bond acceptors (Lipinski definition) is 4. The Bertz CT molecular complexity index is 490. The van der Waals surface area contributed by atoms with Gasteiger partial charge in [0.2, 0.25) is 0 Å². The first kappa shape index (κ1) is 14.0. The van der Waals surface area contributed by atoms with Gasteiger partial charge in [0.15, 0.2) is 0 Å². The highest BCUT2D eigenvalue weighted by Gasteiger charge is 2.35. The average molecular weight is 294 g/mol. The first-order valence-corrected chi connectivity index (χ1v) is 8.11. The number of likely N-dealkylation sites (tertiary alicyclic amines) is 1. The third kappa shape index (κ3) is 2.62. The van der Waals surface area contributed by atoms with Gasteiger partial charge in [0.25, 0.3) is 5.91 Å². The quantitative estimate of drug-likeness (QED) is 0.916. The van der Waals surface area contributed by atoms with Gasteiger partial charge in [0, 0.05) is 24.0 Å². The third-order valence-corrected chi connectivity index (χ3v) is 5.41. The van der Waals surface area contributed by atoms with Gasteiger partial charge >= 0.3 is 0 Å². The number of aliphatic hydroxyl groups is 1. The van der Waals surface area contributed by atoms with Crippen molar-refractivity contribution in [3.05, 3.63) is 21.4 Å². The maximum Gasteiger partial charge on any atom is 0.264 e. The van der Waals surface area contributed by atoms with E-state index in [1.165, 1.54) is 16.9 Å². The van der Waals surface area contributed by atoms with E-state index in [1.807, 2.05) is 19.0 Å². The molecule has 0 saturated carbocycles. The lowest BCUT2D eigenvalue weighted by Gasteiger charge is -2.26. The smallest absolute Gasteiger partial charge is 0.264 e. The number of nitrogens with zero attached hydrogens (tertiary/aromatic N) is 2. The van der Waals surface area contributed by atoms with E-state index in [-0.39, 0.29) is 18.1 Å². The SMILES string of the molecule is CN(C)CC1CC(O)CN1C(=O)c1cc2c(s1)CCC2. The highest BCUT2D eigenvalue weighted by atomic mass is 32.1. The molecule has 1 saturated heterocycles. The Kier molecular flexibility index (Phi) is 3.84. The number of thiophene rings is 1. The van der Waals surface area contributed by atoms with Gasteiger partial charge in [-0.25, -0.2) is 0 Å². The second-order valence-electron chi connectivity index (χ2n) is 6.18. The molecule has 0 radical (unpaired) electrons. The minimum absolute atomic E-state index is 0.104. The summed E-state index contributed by atoms with van der Waals surface area (Å²) in [5, 5.41) is 9.89. The molecular formula is C15H22N2O2S. The molecule has 1 N–H and O–H groups in total. The fourth-order valence-corrected chi connectivity index (χ4v) is 4.52. The molecule has 3 rings (SSSR count). The molecule has 0 spiro atoms. The van der Waals surface area contributed by atoms with Gasteiger partial charge in [-0.15, -0.1) is 11.3 Å². The summed E-state index contributed by atoms with van der Waals surface area (Å²) in [5.74, 6) is 0.104. The fraction of sp³-hybridized carbons (Fsp3) is 0.667. The van der Waals surface area contributed by atoms with Crippen LogP contribution in [0.2, 0.25) is 0 Å². The van der Waals surface area contributed by atoms with Crippen LogP contribution in [0.15, 0.2) is 6.07 Å². The lowest BCUT2D eigenvalue weighted by Crippen LogP contribution is -2.41. The Morgan fingerprint density at radius 2 is 2.30 bits per heavy atom. The van der Waals surface area contributed by atoms with E-state index in [1.54, 1.807) is 11.3 Å². The number of carbonyl (C=O) groups excluding carboxylic acids is 1. The lowest BCUT2D eigenvalue weighted by molar-refractivity contribution is 0.0704. The van der Waals surface area contributed by atoms with E-state index >= 15 is 0 Å². The molecule has 1 amide bonds. The summed E-state index contributed by atoms with van der Waals surface area (Å²) in [5.41, 5.74) is 1.36. The van der Waals surface area contributed by atoms with Gasteiger partial charge in [0.1, 0.15) is 0 Å². The predicted octanol–water partition coefficient (Wildman–Crippen LogP) is 1.37. The van der Waals surface area contributed by atoms with Crippen LogP contribution < -0.4 is 0 Å². The van der Waals surface area contributed by atoms with Crippen molar-refractivity contribution in [2.24, 2.45) is 0 Å². The zero-order valence-electron chi connectivity index (χ0n) is 12.1. The van der Waals surface area contributed by atoms with Crippen LogP contribution >= 0.6 is 11.3 Å². The van der Waals surface area contributed by atoms with Crippen LogP contribution in [0.3, 0.4) is 0 Å². The molecule has 1 aliphatic carbocycles. The summed E-state index contributed by atoms with van der Waals surface area (Å²) >= 11 is 1.65. The van der Waals surface area contributed by atoms with Gasteiger partial charge in [-0.3, -0.25) is 4.79 Å². The molecule has 5 heteroatoms. The summed E-state index contributed by atoms with van der Waals surface area (Å²) in [6, 6.07) is 2.21. The van der Waals surface area contributed by atoms with Crippen molar-refractivity contribution in [2.45, 2.75) is 37.8 Å². The Morgan fingerprint density at radius 3 is 3.00 bits per heavy atom. The standard InChI is InChI=1S/C15H22N2O2S/c1-16(2)8-11-7-12(18)9-17(11)15(19)14-6-10-4-3-5-13(10)20-14/h6,11-12,18H,3-5,7-9H2,1-2H3. The van der Waals surface area contributed by atoms with E-state index in [9.17, 15) is 9.90 Å². The maximum absolute atomic E-state index is 12.7. The molecule has 1 aromatic heterocycles. The molecule has 2 heterocycles. The van der Waals surface area contributed by atoms with Crippen LogP contribution in [0.5, 0.6) is 0 Å². The first-order valence-electron chi connectivity index (χ1n) is 7.30. The molecule has 2 aliphatic rings. The van der Waals surface area contributed by atoms with E-state index in [2.05, 4.69) is 11.0 Å². The number of amides is 1. The van der Waals surface area contributed by atoms with Gasteiger partial charge in [-0.05, 0) is 51.4 Å². The van der Waals surface area contributed by atoms with E-state index in [0.717, 1.165) is 24.3 Å². The Hall–Kier alpha value is -0.910. The number of fused-ring (bicyclic) bond motifs is 1. The Morgan fingerprint density at radius 1 is 1.50 bits per heavy atom. The predicted molar refractivity (Wildman–Crippen MR) is 80.3 cm³/mol. The van der Waals surface area contributed by atoms with Crippen molar-refractivity contribution in [3.8, 4) is 0 Å².